The first-order chi connectivity index (χ1) is 14.1. The van der Waals surface area contributed by atoms with E-state index in [0.29, 0.717) is 19.6 Å². The van der Waals surface area contributed by atoms with Crippen LogP contribution in [0.4, 0.5) is 14.6 Å². The summed E-state index contributed by atoms with van der Waals surface area (Å²) in [4.78, 5) is 13.1. The van der Waals surface area contributed by atoms with Crippen molar-refractivity contribution in [1.29, 1.82) is 0 Å². The molecule has 3 rings (SSSR count). The minimum absolute atomic E-state index is 0. The van der Waals surface area contributed by atoms with Crippen LogP contribution in [0.3, 0.4) is 0 Å². The van der Waals surface area contributed by atoms with E-state index in [4.69, 9.17) is 0 Å². The second kappa shape index (κ2) is 13.2. The van der Waals surface area contributed by atoms with Gasteiger partial charge in [-0.15, -0.1) is 24.0 Å². The highest BCUT2D eigenvalue weighted by atomic mass is 127. The van der Waals surface area contributed by atoms with Gasteiger partial charge in [0, 0.05) is 52.0 Å². The average Bonchev–Trinajstić information content (AvgIpc) is 3.02. The first kappa shape index (κ1) is 25.0. The van der Waals surface area contributed by atoms with Gasteiger partial charge in [-0.2, -0.15) is 0 Å². The Kier molecular flexibility index (Phi) is 11.0. The molecular weight excluding hydrogens is 501 g/mol. The third kappa shape index (κ3) is 8.13. The van der Waals surface area contributed by atoms with Gasteiger partial charge in [0.1, 0.15) is 5.82 Å². The third-order valence-corrected chi connectivity index (χ3v) is 5.75. The lowest BCUT2D eigenvalue weighted by Gasteiger charge is -2.32. The molecule has 0 saturated carbocycles. The Morgan fingerprint density at radius 1 is 1.17 bits per heavy atom. The predicted molar refractivity (Wildman–Crippen MR) is 129 cm³/mol. The smallest absolute Gasteiger partial charge is 0.251 e. The second-order valence-corrected chi connectivity index (χ2v) is 7.96. The fourth-order valence-corrected chi connectivity index (χ4v) is 4.07. The number of halogens is 3. The molecule has 0 unspecified atom stereocenters. The van der Waals surface area contributed by atoms with Gasteiger partial charge in [0.25, 0.3) is 6.43 Å². The van der Waals surface area contributed by atoms with E-state index >= 15 is 0 Å². The van der Waals surface area contributed by atoms with E-state index < -0.39 is 6.43 Å². The van der Waals surface area contributed by atoms with Crippen molar-refractivity contribution in [2.75, 3.05) is 44.7 Å². The number of guanidine groups is 1. The number of nitrogens with zero attached hydrogens (tertiary/aromatic N) is 4. The van der Waals surface area contributed by atoms with Crippen LogP contribution in [0.15, 0.2) is 23.3 Å². The van der Waals surface area contributed by atoms with Crippen LogP contribution in [0.1, 0.15) is 44.1 Å². The van der Waals surface area contributed by atoms with Crippen molar-refractivity contribution in [3.63, 3.8) is 0 Å². The molecule has 0 radical (unpaired) electrons. The number of nitrogens with one attached hydrogen (secondary N) is 2. The molecule has 3 heterocycles. The fourth-order valence-electron chi connectivity index (χ4n) is 4.07. The highest BCUT2D eigenvalue weighted by Gasteiger charge is 2.22. The summed E-state index contributed by atoms with van der Waals surface area (Å²) in [5, 5.41) is 6.81. The monoisotopic (exact) mass is 536 g/mol. The second-order valence-electron chi connectivity index (χ2n) is 7.96. The van der Waals surface area contributed by atoms with E-state index in [-0.39, 0.29) is 36.6 Å². The minimum Gasteiger partial charge on any atom is -0.357 e. The zero-order valence-electron chi connectivity index (χ0n) is 17.8. The van der Waals surface area contributed by atoms with Crippen molar-refractivity contribution in [2.24, 2.45) is 4.99 Å². The SMILES string of the molecule is CN=C(NCc1ccnc(N2CCCCCC2)c1)NC1CCN(CC(F)F)CC1.I. The number of rotatable bonds is 6. The van der Waals surface area contributed by atoms with Crippen molar-refractivity contribution in [3.8, 4) is 0 Å². The summed E-state index contributed by atoms with van der Waals surface area (Å²) >= 11 is 0. The molecule has 30 heavy (non-hydrogen) atoms. The first-order valence-electron chi connectivity index (χ1n) is 10.8. The number of aliphatic imine (C=N–C) groups is 1. The normalized spacial score (nSPS) is 19.3. The number of alkyl halides is 2. The van der Waals surface area contributed by atoms with Crippen molar-refractivity contribution in [1.82, 2.24) is 20.5 Å². The lowest BCUT2D eigenvalue weighted by atomic mass is 10.1. The van der Waals surface area contributed by atoms with Crippen LogP contribution in [0.5, 0.6) is 0 Å². The van der Waals surface area contributed by atoms with Gasteiger partial charge in [-0.3, -0.25) is 9.89 Å². The minimum atomic E-state index is -2.26. The van der Waals surface area contributed by atoms with Crippen molar-refractivity contribution < 1.29 is 8.78 Å². The summed E-state index contributed by atoms with van der Waals surface area (Å²) in [6.07, 6.45) is 6.40. The molecule has 1 aromatic rings. The molecule has 0 bridgehead atoms. The van der Waals surface area contributed by atoms with E-state index in [9.17, 15) is 8.78 Å². The summed E-state index contributed by atoms with van der Waals surface area (Å²) in [7, 11) is 1.76. The molecule has 170 valence electrons. The van der Waals surface area contributed by atoms with Crippen LogP contribution in [0.2, 0.25) is 0 Å². The Bertz CT molecular complexity index is 644. The Morgan fingerprint density at radius 3 is 2.50 bits per heavy atom. The number of piperidine rings is 1. The topological polar surface area (TPSA) is 55.8 Å². The lowest BCUT2D eigenvalue weighted by molar-refractivity contribution is 0.0744. The Balaban J connectivity index is 0.00000320. The first-order valence-corrected chi connectivity index (χ1v) is 10.8. The zero-order chi connectivity index (χ0) is 20.5. The van der Waals surface area contributed by atoms with Crippen LogP contribution in [0, 0.1) is 0 Å². The number of anilines is 1. The van der Waals surface area contributed by atoms with Crippen molar-refractivity contribution in [3.05, 3.63) is 23.9 Å². The Labute approximate surface area is 195 Å². The average molecular weight is 536 g/mol. The Morgan fingerprint density at radius 2 is 1.87 bits per heavy atom. The fraction of sp³-hybridized carbons (Fsp3) is 0.714. The summed E-state index contributed by atoms with van der Waals surface area (Å²) < 4.78 is 25.0. The number of likely N-dealkylation sites (tertiary alicyclic amines) is 1. The zero-order valence-corrected chi connectivity index (χ0v) is 20.2. The molecule has 0 atom stereocenters. The van der Waals surface area contributed by atoms with Crippen molar-refractivity contribution in [2.45, 2.75) is 57.5 Å². The maximum atomic E-state index is 12.5. The third-order valence-electron chi connectivity index (χ3n) is 5.75. The largest absolute Gasteiger partial charge is 0.357 e. The van der Waals surface area contributed by atoms with Crippen LogP contribution in [0.25, 0.3) is 0 Å². The summed E-state index contributed by atoms with van der Waals surface area (Å²) in [5.74, 6) is 1.81. The van der Waals surface area contributed by atoms with Crippen LogP contribution in [-0.4, -0.2) is 68.1 Å². The molecule has 6 nitrogen and oxygen atoms in total. The highest BCUT2D eigenvalue weighted by molar-refractivity contribution is 14.0. The molecule has 1 aromatic heterocycles. The molecule has 2 saturated heterocycles. The molecule has 0 spiro atoms. The van der Waals surface area contributed by atoms with Crippen LogP contribution >= 0.6 is 24.0 Å². The van der Waals surface area contributed by atoms with E-state index in [0.717, 1.165) is 37.7 Å². The molecule has 2 aliphatic heterocycles. The maximum absolute atomic E-state index is 12.5. The molecule has 0 aromatic carbocycles. The van der Waals surface area contributed by atoms with Crippen LogP contribution < -0.4 is 15.5 Å². The molecular formula is C21H35F2IN6. The predicted octanol–water partition coefficient (Wildman–Crippen LogP) is 3.47. The van der Waals surface area contributed by atoms with E-state index in [1.807, 2.05) is 17.2 Å². The molecule has 0 aliphatic carbocycles. The van der Waals surface area contributed by atoms with Gasteiger partial charge in [-0.05, 0) is 43.4 Å². The van der Waals surface area contributed by atoms with Crippen molar-refractivity contribution >= 4 is 35.8 Å². The van der Waals surface area contributed by atoms with Gasteiger partial charge in [0.05, 0.1) is 6.54 Å². The molecule has 2 fully saturated rings. The summed E-state index contributed by atoms with van der Waals surface area (Å²) in [6.45, 7) is 4.11. The van der Waals surface area contributed by atoms with E-state index in [1.165, 1.54) is 31.2 Å². The lowest BCUT2D eigenvalue weighted by Crippen LogP contribution is -2.49. The van der Waals surface area contributed by atoms with Gasteiger partial charge < -0.3 is 15.5 Å². The molecule has 9 heteroatoms. The number of hydrogen-bond acceptors (Lipinski definition) is 4. The molecule has 0 amide bonds. The van der Waals surface area contributed by atoms with Gasteiger partial charge in [-0.1, -0.05) is 12.8 Å². The number of aromatic nitrogens is 1. The maximum Gasteiger partial charge on any atom is 0.251 e. The summed E-state index contributed by atoms with van der Waals surface area (Å²) in [5.41, 5.74) is 1.17. The van der Waals surface area contributed by atoms with Gasteiger partial charge in [0.15, 0.2) is 5.96 Å². The quantitative estimate of drug-likeness (QED) is 0.332. The van der Waals surface area contributed by atoms with Crippen LogP contribution in [-0.2, 0) is 6.54 Å². The highest BCUT2D eigenvalue weighted by Crippen LogP contribution is 2.18. The molecule has 2 N–H and O–H groups in total. The molecule has 2 aliphatic rings. The van der Waals surface area contributed by atoms with Gasteiger partial charge in [0.2, 0.25) is 0 Å². The standard InChI is InChI=1S/C21H34F2N6.HI/c1-24-21(27-18-7-12-28(13-8-18)16-19(22)23)26-15-17-6-9-25-20(14-17)29-10-4-2-3-5-11-29;/h6,9,14,18-19H,2-5,7-8,10-13,15-16H2,1H3,(H2,24,26,27);1H. The van der Waals surface area contributed by atoms with E-state index in [2.05, 4.69) is 31.6 Å². The number of pyridine rings is 1. The number of hydrogen-bond donors (Lipinski definition) is 2. The van der Waals surface area contributed by atoms with Gasteiger partial charge in [-0.25, -0.2) is 13.8 Å². The Hall–Kier alpha value is -1.23. The van der Waals surface area contributed by atoms with Gasteiger partial charge >= 0.3 is 0 Å². The van der Waals surface area contributed by atoms with E-state index in [1.54, 1.807) is 7.05 Å². The summed E-state index contributed by atoms with van der Waals surface area (Å²) in [6, 6.07) is 4.46.